The van der Waals surface area contributed by atoms with Gasteiger partial charge in [0.2, 0.25) is 5.91 Å². The van der Waals surface area contributed by atoms with Crippen molar-refractivity contribution in [1.82, 2.24) is 0 Å². The second-order valence-corrected chi connectivity index (χ2v) is 5.26. The van der Waals surface area contributed by atoms with E-state index in [1.54, 1.807) is 12.1 Å². The van der Waals surface area contributed by atoms with Gasteiger partial charge in [-0.05, 0) is 23.6 Å². The maximum atomic E-state index is 12.1. The molecule has 0 saturated heterocycles. The Labute approximate surface area is 112 Å². The predicted molar refractivity (Wildman–Crippen MR) is 72.2 cm³/mol. The zero-order valence-corrected chi connectivity index (χ0v) is 11.3. The number of benzene rings is 1. The molecule has 96 valence electrons. The van der Waals surface area contributed by atoms with Crippen molar-refractivity contribution in [3.63, 3.8) is 0 Å². The standard InChI is InChI=1S/C14H16ClNO2/c1-3-8(2)4-13(17)10-5-9-6-14(18)16-12(9)7-11(10)15/h5,7-8H,3-4,6H2,1-2H3,(H,16,18). The van der Waals surface area contributed by atoms with Crippen molar-refractivity contribution < 1.29 is 9.59 Å². The number of fused-ring (bicyclic) bond motifs is 1. The maximum absolute atomic E-state index is 12.1. The Morgan fingerprint density at radius 1 is 1.50 bits per heavy atom. The number of ketones is 1. The zero-order chi connectivity index (χ0) is 13.3. The minimum atomic E-state index is -0.0485. The Morgan fingerprint density at radius 3 is 2.89 bits per heavy atom. The molecule has 4 heteroatoms. The van der Waals surface area contributed by atoms with Gasteiger partial charge in [-0.15, -0.1) is 0 Å². The molecule has 3 nitrogen and oxygen atoms in total. The molecule has 18 heavy (non-hydrogen) atoms. The lowest BCUT2D eigenvalue weighted by Crippen LogP contribution is -2.06. The van der Waals surface area contributed by atoms with E-state index in [-0.39, 0.29) is 11.7 Å². The van der Waals surface area contributed by atoms with Crippen molar-refractivity contribution in [2.24, 2.45) is 5.92 Å². The first-order chi connectivity index (χ1) is 8.51. The third-order valence-electron chi connectivity index (χ3n) is 3.35. The molecule has 2 rings (SSSR count). The Hall–Kier alpha value is -1.35. The van der Waals surface area contributed by atoms with E-state index in [9.17, 15) is 9.59 Å². The van der Waals surface area contributed by atoms with Gasteiger partial charge in [-0.2, -0.15) is 0 Å². The molecule has 0 fully saturated rings. The third-order valence-corrected chi connectivity index (χ3v) is 3.66. The summed E-state index contributed by atoms with van der Waals surface area (Å²) >= 11 is 6.10. The molecule has 1 N–H and O–H groups in total. The molecule has 0 aromatic heterocycles. The van der Waals surface area contributed by atoms with Crippen LogP contribution >= 0.6 is 11.6 Å². The number of anilines is 1. The quantitative estimate of drug-likeness (QED) is 0.848. The summed E-state index contributed by atoms with van der Waals surface area (Å²) < 4.78 is 0. The monoisotopic (exact) mass is 265 g/mol. The fourth-order valence-corrected chi connectivity index (χ4v) is 2.30. The van der Waals surface area contributed by atoms with Gasteiger partial charge < -0.3 is 5.32 Å². The van der Waals surface area contributed by atoms with Crippen molar-refractivity contribution in [3.05, 3.63) is 28.3 Å². The molecule has 1 atom stereocenters. The Bertz CT molecular complexity index is 511. The van der Waals surface area contributed by atoms with Crippen LogP contribution in [-0.2, 0) is 11.2 Å². The first-order valence-corrected chi connectivity index (χ1v) is 6.54. The summed E-state index contributed by atoms with van der Waals surface area (Å²) in [5.74, 6) is 0.352. The molecule has 1 aromatic rings. The van der Waals surface area contributed by atoms with E-state index >= 15 is 0 Å². The number of nitrogens with one attached hydrogen (secondary N) is 1. The molecule has 1 amide bonds. The summed E-state index contributed by atoms with van der Waals surface area (Å²) in [6.07, 6.45) is 1.79. The number of amides is 1. The van der Waals surface area contributed by atoms with Crippen LogP contribution in [0.3, 0.4) is 0 Å². The van der Waals surface area contributed by atoms with Gasteiger partial charge in [0.05, 0.1) is 11.4 Å². The summed E-state index contributed by atoms with van der Waals surface area (Å²) in [4.78, 5) is 23.4. The van der Waals surface area contributed by atoms with E-state index in [1.807, 2.05) is 6.92 Å². The van der Waals surface area contributed by atoms with E-state index in [0.717, 1.165) is 17.7 Å². The van der Waals surface area contributed by atoms with Crippen molar-refractivity contribution in [2.45, 2.75) is 33.1 Å². The minimum absolute atomic E-state index is 0.0485. The summed E-state index contributed by atoms with van der Waals surface area (Å²) in [5, 5.41) is 3.14. The van der Waals surface area contributed by atoms with Crippen LogP contribution in [0.2, 0.25) is 5.02 Å². The second kappa shape index (κ2) is 5.11. The van der Waals surface area contributed by atoms with Gasteiger partial charge in [0.1, 0.15) is 0 Å². The van der Waals surface area contributed by atoms with E-state index in [4.69, 9.17) is 11.6 Å². The zero-order valence-electron chi connectivity index (χ0n) is 10.5. The second-order valence-electron chi connectivity index (χ2n) is 4.85. The number of halogens is 1. The SMILES string of the molecule is CCC(C)CC(=O)c1cc2c(cc1Cl)NC(=O)C2. The van der Waals surface area contributed by atoms with E-state index in [0.29, 0.717) is 29.3 Å². The minimum Gasteiger partial charge on any atom is -0.325 e. The highest BCUT2D eigenvalue weighted by Crippen LogP contribution is 2.31. The lowest BCUT2D eigenvalue weighted by atomic mass is 9.96. The molecule has 1 aliphatic rings. The molecular formula is C14H16ClNO2. The van der Waals surface area contributed by atoms with Crippen LogP contribution in [0.15, 0.2) is 12.1 Å². The largest absolute Gasteiger partial charge is 0.325 e. The normalized spacial score (nSPS) is 15.2. The third kappa shape index (κ3) is 2.56. The molecule has 1 aliphatic heterocycles. The highest BCUT2D eigenvalue weighted by molar-refractivity contribution is 6.34. The molecule has 0 radical (unpaired) electrons. The first-order valence-electron chi connectivity index (χ1n) is 6.16. The Morgan fingerprint density at radius 2 is 2.22 bits per heavy atom. The van der Waals surface area contributed by atoms with E-state index in [1.165, 1.54) is 0 Å². The summed E-state index contributed by atoms with van der Waals surface area (Å²) in [5.41, 5.74) is 2.12. The molecule has 1 aromatic carbocycles. The van der Waals surface area contributed by atoms with E-state index < -0.39 is 0 Å². The van der Waals surface area contributed by atoms with Crippen LogP contribution in [0, 0.1) is 5.92 Å². The lowest BCUT2D eigenvalue weighted by Gasteiger charge is -2.10. The highest BCUT2D eigenvalue weighted by Gasteiger charge is 2.22. The fourth-order valence-electron chi connectivity index (χ4n) is 2.03. The van der Waals surface area contributed by atoms with Gasteiger partial charge in [0, 0.05) is 17.7 Å². The average molecular weight is 266 g/mol. The van der Waals surface area contributed by atoms with Crippen LogP contribution in [-0.4, -0.2) is 11.7 Å². The van der Waals surface area contributed by atoms with Gasteiger partial charge in [0.25, 0.3) is 0 Å². The predicted octanol–water partition coefficient (Wildman–Crippen LogP) is 3.45. The number of carbonyl (C=O) groups is 2. The molecule has 0 bridgehead atoms. The number of hydrogen-bond acceptors (Lipinski definition) is 2. The number of hydrogen-bond donors (Lipinski definition) is 1. The smallest absolute Gasteiger partial charge is 0.228 e. The van der Waals surface area contributed by atoms with Crippen LogP contribution < -0.4 is 5.32 Å². The van der Waals surface area contributed by atoms with Crippen molar-refractivity contribution in [1.29, 1.82) is 0 Å². The van der Waals surface area contributed by atoms with Gasteiger partial charge in [-0.3, -0.25) is 9.59 Å². The maximum Gasteiger partial charge on any atom is 0.228 e. The van der Waals surface area contributed by atoms with Crippen molar-refractivity contribution >= 4 is 29.0 Å². The number of carbonyl (C=O) groups excluding carboxylic acids is 2. The first kappa shape index (κ1) is 13.1. The van der Waals surface area contributed by atoms with Gasteiger partial charge in [0.15, 0.2) is 5.78 Å². The Balaban J connectivity index is 2.27. The Kier molecular flexibility index (Phi) is 3.71. The van der Waals surface area contributed by atoms with E-state index in [2.05, 4.69) is 12.2 Å². The van der Waals surface area contributed by atoms with Crippen LogP contribution in [0.4, 0.5) is 5.69 Å². The molecular weight excluding hydrogens is 250 g/mol. The summed E-state index contributed by atoms with van der Waals surface area (Å²) in [7, 11) is 0. The molecule has 1 heterocycles. The lowest BCUT2D eigenvalue weighted by molar-refractivity contribution is -0.115. The molecule has 0 aliphatic carbocycles. The fraction of sp³-hybridized carbons (Fsp3) is 0.429. The molecule has 0 saturated carbocycles. The van der Waals surface area contributed by atoms with Crippen molar-refractivity contribution in [2.75, 3.05) is 5.32 Å². The number of rotatable bonds is 4. The number of Topliss-reactive ketones (excluding diaryl/α,β-unsaturated/α-hetero) is 1. The summed E-state index contributed by atoms with van der Waals surface area (Å²) in [6.45, 7) is 4.11. The topological polar surface area (TPSA) is 46.2 Å². The van der Waals surface area contributed by atoms with Gasteiger partial charge >= 0.3 is 0 Å². The van der Waals surface area contributed by atoms with Gasteiger partial charge in [-0.25, -0.2) is 0 Å². The highest BCUT2D eigenvalue weighted by atomic mass is 35.5. The van der Waals surface area contributed by atoms with Crippen molar-refractivity contribution in [3.8, 4) is 0 Å². The average Bonchev–Trinajstić information content (AvgIpc) is 2.66. The van der Waals surface area contributed by atoms with Crippen LogP contribution in [0.25, 0.3) is 0 Å². The van der Waals surface area contributed by atoms with Crippen LogP contribution in [0.5, 0.6) is 0 Å². The molecule has 0 spiro atoms. The summed E-state index contributed by atoms with van der Waals surface area (Å²) in [6, 6.07) is 3.42. The van der Waals surface area contributed by atoms with Crippen LogP contribution in [0.1, 0.15) is 42.6 Å². The van der Waals surface area contributed by atoms with Gasteiger partial charge in [-0.1, -0.05) is 31.9 Å². The molecule has 1 unspecified atom stereocenters.